The quantitative estimate of drug-likeness (QED) is 0.305. The zero-order valence-electron chi connectivity index (χ0n) is 22.3. The topological polar surface area (TPSA) is 90.3 Å². The molecule has 212 valence electrons. The number of Topliss-reactive ketones (excluding diaryl/α,β-unsaturated/α-hetero) is 1. The van der Waals surface area contributed by atoms with Gasteiger partial charge in [0, 0.05) is 56.2 Å². The van der Waals surface area contributed by atoms with Crippen LogP contribution < -0.4 is 10.5 Å². The molecule has 0 spiro atoms. The summed E-state index contributed by atoms with van der Waals surface area (Å²) in [6.45, 7) is 4.59. The van der Waals surface area contributed by atoms with Crippen molar-refractivity contribution in [2.45, 2.75) is 32.0 Å². The number of benzene rings is 1. The lowest BCUT2D eigenvalue weighted by atomic mass is 10.1. The highest BCUT2D eigenvalue weighted by Crippen LogP contribution is 2.29. The van der Waals surface area contributed by atoms with E-state index in [1.54, 1.807) is 34.9 Å². The minimum absolute atomic E-state index is 0.0178. The van der Waals surface area contributed by atoms with Crippen LogP contribution in [0.5, 0.6) is 0 Å². The normalized spacial score (nSPS) is 17.8. The number of rotatable bonds is 11. The molecule has 1 amide bonds. The third-order valence-corrected chi connectivity index (χ3v) is 8.45. The van der Waals surface area contributed by atoms with Crippen molar-refractivity contribution in [1.82, 2.24) is 9.47 Å². The molecule has 0 aliphatic carbocycles. The van der Waals surface area contributed by atoms with E-state index in [1.807, 2.05) is 30.3 Å². The summed E-state index contributed by atoms with van der Waals surface area (Å²) in [7, 11) is 1.59. The Balaban J connectivity index is 1.29. The lowest BCUT2D eigenvalue weighted by molar-refractivity contribution is 0.0384. The Hall–Kier alpha value is -3.02. The number of aromatic nitrogens is 1. The summed E-state index contributed by atoms with van der Waals surface area (Å²) in [5, 5.41) is 0. The van der Waals surface area contributed by atoms with Gasteiger partial charge in [-0.2, -0.15) is 0 Å². The number of hydrogen-bond donors (Lipinski definition) is 0. The predicted molar refractivity (Wildman–Crippen MR) is 154 cm³/mol. The predicted octanol–water partition coefficient (Wildman–Crippen LogP) is 4.56. The molecule has 0 radical (unpaired) electrons. The molecule has 0 bridgehead atoms. The highest BCUT2D eigenvalue weighted by atomic mass is 35.5. The van der Waals surface area contributed by atoms with Gasteiger partial charge in [-0.25, -0.2) is 4.79 Å². The van der Waals surface area contributed by atoms with Crippen molar-refractivity contribution < 1.29 is 23.8 Å². The number of carbonyl (C=O) groups excluding carboxylic acids is 2. The molecule has 2 aliphatic heterocycles. The van der Waals surface area contributed by atoms with Gasteiger partial charge in [0.2, 0.25) is 0 Å². The van der Waals surface area contributed by atoms with Crippen LogP contribution in [-0.4, -0.2) is 74.0 Å². The van der Waals surface area contributed by atoms with E-state index in [0.717, 1.165) is 44.0 Å². The van der Waals surface area contributed by atoms with E-state index in [-0.39, 0.29) is 24.4 Å². The summed E-state index contributed by atoms with van der Waals surface area (Å²) in [5.41, 5.74) is 2.79. The Morgan fingerprint density at radius 2 is 1.95 bits per heavy atom. The fourth-order valence-electron chi connectivity index (χ4n) is 5.03. The summed E-state index contributed by atoms with van der Waals surface area (Å²) < 4.78 is 18.6. The number of pyridine rings is 1. The van der Waals surface area contributed by atoms with Crippen LogP contribution in [0.3, 0.4) is 0 Å². The van der Waals surface area contributed by atoms with Crippen LogP contribution in [0.1, 0.15) is 33.6 Å². The number of nitrogens with zero attached hydrogens (tertiary/aromatic N) is 3. The summed E-state index contributed by atoms with van der Waals surface area (Å²) in [5.74, 6) is -0.0178. The van der Waals surface area contributed by atoms with Crippen molar-refractivity contribution in [2.24, 2.45) is 0 Å². The van der Waals surface area contributed by atoms with Gasteiger partial charge < -0.3 is 14.2 Å². The number of amides is 1. The van der Waals surface area contributed by atoms with Crippen LogP contribution in [0.15, 0.2) is 53.5 Å². The first-order chi connectivity index (χ1) is 19.4. The Morgan fingerprint density at radius 1 is 1.12 bits per heavy atom. The molecular weight excluding hydrogens is 554 g/mol. The first-order valence-corrected chi connectivity index (χ1v) is 14.5. The smallest absolute Gasteiger partial charge is 0.414 e. The number of cyclic esters (lactones) is 1. The van der Waals surface area contributed by atoms with Gasteiger partial charge >= 0.3 is 6.09 Å². The minimum Gasteiger partial charge on any atom is -0.444 e. The maximum Gasteiger partial charge on any atom is 0.414 e. The van der Waals surface area contributed by atoms with Crippen molar-refractivity contribution in [3.63, 3.8) is 0 Å². The second-order valence-corrected chi connectivity index (χ2v) is 11.6. The lowest BCUT2D eigenvalue weighted by Crippen LogP contribution is -2.38. The highest BCUT2D eigenvalue weighted by Gasteiger charge is 2.33. The average Bonchev–Trinajstić information content (AvgIpc) is 3.57. The van der Waals surface area contributed by atoms with E-state index in [2.05, 4.69) is 4.90 Å². The van der Waals surface area contributed by atoms with Crippen LogP contribution in [0.4, 0.5) is 10.5 Å². The number of anilines is 1. The van der Waals surface area contributed by atoms with Gasteiger partial charge in [-0.3, -0.25) is 24.0 Å². The maximum atomic E-state index is 13.4. The molecule has 0 saturated carbocycles. The standard InChI is InChI=1S/C29H32ClN3O6S/c1-37-19-21-17-22(33-18-23(39-29(33)36)5-7-25(34)26-8-9-27(30)40-26)4-6-24(21)32-11-2-3-20(28(32)35)10-12-31-13-15-38-16-14-31/h2-4,6,8-9,11,17,23H,5,7,10,12-16,18-19H2,1H3/t23-/m0/s1. The monoisotopic (exact) mass is 585 g/mol. The number of halogens is 1. The van der Waals surface area contributed by atoms with Crippen molar-refractivity contribution in [2.75, 3.05) is 51.4 Å². The molecule has 2 aliphatic rings. The van der Waals surface area contributed by atoms with Gasteiger partial charge in [0.1, 0.15) is 6.10 Å². The number of ketones is 1. The molecule has 2 aromatic heterocycles. The Morgan fingerprint density at radius 3 is 2.70 bits per heavy atom. The minimum atomic E-state index is -0.463. The summed E-state index contributed by atoms with van der Waals surface area (Å²) in [6.07, 6.45) is 2.24. The zero-order valence-corrected chi connectivity index (χ0v) is 23.9. The van der Waals surface area contributed by atoms with Crippen LogP contribution >= 0.6 is 22.9 Å². The molecule has 0 N–H and O–H groups in total. The Labute approximate surface area is 241 Å². The molecular formula is C29H32ClN3O6S. The van der Waals surface area contributed by atoms with Crippen molar-refractivity contribution in [1.29, 1.82) is 0 Å². The van der Waals surface area contributed by atoms with Crippen LogP contribution in [0.25, 0.3) is 5.69 Å². The van der Waals surface area contributed by atoms with Crippen LogP contribution in [0, 0.1) is 0 Å². The largest absolute Gasteiger partial charge is 0.444 e. The summed E-state index contributed by atoms with van der Waals surface area (Å²) >= 11 is 7.19. The van der Waals surface area contributed by atoms with E-state index in [1.165, 1.54) is 11.3 Å². The zero-order chi connectivity index (χ0) is 28.1. The molecule has 11 heteroatoms. The van der Waals surface area contributed by atoms with E-state index in [0.29, 0.717) is 40.0 Å². The number of methoxy groups -OCH3 is 1. The molecule has 2 fully saturated rings. The van der Waals surface area contributed by atoms with Gasteiger partial charge in [0.25, 0.3) is 5.56 Å². The van der Waals surface area contributed by atoms with Gasteiger partial charge in [-0.15, -0.1) is 11.3 Å². The summed E-state index contributed by atoms with van der Waals surface area (Å²) in [6, 6.07) is 12.7. The van der Waals surface area contributed by atoms with Crippen molar-refractivity contribution in [3.05, 3.63) is 79.4 Å². The molecule has 2 saturated heterocycles. The van der Waals surface area contributed by atoms with Gasteiger partial charge in [0.05, 0.1) is 41.3 Å². The fourth-order valence-corrected chi connectivity index (χ4v) is 6.04. The number of hydrogen-bond acceptors (Lipinski definition) is 8. The van der Waals surface area contributed by atoms with Crippen LogP contribution in [-0.2, 0) is 27.2 Å². The fraction of sp³-hybridized carbons (Fsp3) is 0.414. The first-order valence-electron chi connectivity index (χ1n) is 13.3. The third kappa shape index (κ3) is 6.64. The van der Waals surface area contributed by atoms with Gasteiger partial charge in [-0.05, 0) is 49.2 Å². The Kier molecular flexibility index (Phi) is 9.33. The summed E-state index contributed by atoms with van der Waals surface area (Å²) in [4.78, 5) is 43.1. The molecule has 0 unspecified atom stereocenters. The Bertz CT molecular complexity index is 1420. The average molecular weight is 586 g/mol. The van der Waals surface area contributed by atoms with Crippen LogP contribution in [0.2, 0.25) is 4.34 Å². The third-order valence-electron chi connectivity index (χ3n) is 7.18. The molecule has 40 heavy (non-hydrogen) atoms. The van der Waals surface area contributed by atoms with E-state index < -0.39 is 12.2 Å². The molecule has 1 aromatic carbocycles. The van der Waals surface area contributed by atoms with Crippen molar-refractivity contribution in [3.8, 4) is 5.69 Å². The number of ether oxygens (including phenoxy) is 3. The second-order valence-electron chi connectivity index (χ2n) is 9.84. The number of thiophene rings is 1. The molecule has 3 aromatic rings. The SMILES string of the molecule is COCc1cc(N2C[C@H](CCC(=O)c3ccc(Cl)s3)OC2=O)ccc1-n1cccc(CCN2CCOCC2)c1=O. The molecule has 1 atom stereocenters. The van der Waals surface area contributed by atoms with Gasteiger partial charge in [-0.1, -0.05) is 17.7 Å². The van der Waals surface area contributed by atoms with Gasteiger partial charge in [0.15, 0.2) is 5.78 Å². The maximum absolute atomic E-state index is 13.4. The van der Waals surface area contributed by atoms with Crippen molar-refractivity contribution >= 4 is 40.5 Å². The second kappa shape index (κ2) is 13.1. The molecule has 9 nitrogen and oxygen atoms in total. The molecule has 4 heterocycles. The highest BCUT2D eigenvalue weighted by molar-refractivity contribution is 7.18. The van der Waals surface area contributed by atoms with E-state index in [9.17, 15) is 14.4 Å². The molecule has 5 rings (SSSR count). The number of morpholine rings is 1. The first kappa shape index (κ1) is 28.5. The lowest BCUT2D eigenvalue weighted by Gasteiger charge is -2.26. The number of carbonyl (C=O) groups is 2. The van der Waals surface area contributed by atoms with E-state index >= 15 is 0 Å². The van der Waals surface area contributed by atoms with E-state index in [4.69, 9.17) is 25.8 Å².